The normalized spacial score (nSPS) is 17.1. The van der Waals surface area contributed by atoms with Crippen molar-refractivity contribution in [2.24, 2.45) is 23.1 Å². The number of rotatable bonds is 18. The van der Waals surface area contributed by atoms with Crippen LogP contribution in [-0.4, -0.2) is 88.9 Å². The number of likely N-dealkylation sites (tertiary alicyclic amines) is 1. The number of unbranched alkanes of at least 4 members (excludes halogenated alkanes) is 1. The van der Waals surface area contributed by atoms with Crippen molar-refractivity contribution >= 4 is 29.6 Å². The Morgan fingerprint density at radius 1 is 0.800 bits per heavy atom. The average Bonchev–Trinajstić information content (AvgIpc) is 3.10. The van der Waals surface area contributed by atoms with E-state index in [-0.39, 0.29) is 56.5 Å². The van der Waals surface area contributed by atoms with Crippen molar-refractivity contribution in [2.75, 3.05) is 19.6 Å². The maximum atomic E-state index is 13.9. The Labute approximate surface area is 295 Å². The molecule has 10 N–H and O–H groups in total. The van der Waals surface area contributed by atoms with Crippen molar-refractivity contribution in [3.05, 3.63) is 71.8 Å². The molecule has 2 aromatic carbocycles. The quantitative estimate of drug-likeness (QED) is 0.112. The van der Waals surface area contributed by atoms with Crippen LogP contribution in [-0.2, 0) is 30.4 Å². The standard InChI is InChI=1S/C37H55N7O6/c1-24(2)22-29(32(45)41-28(16-10-11-19-38)35(48)44-20-17-37(40,18-21-44)36(49)50)42-33(46)30(23-26-12-6-4-7-13-26)43-34(47)31(39)25(3)27-14-8-5-9-15-27/h4-9,12-15,24-25,28-31H,10-11,16-23,38-40H2,1-3H3,(H,41,45)(H,42,46)(H,43,47)(H,49,50)/t25-,28-,29-,30-,31-/m1/s1. The molecule has 0 aliphatic carbocycles. The molecule has 5 atom stereocenters. The van der Waals surface area contributed by atoms with Gasteiger partial charge in [-0.1, -0.05) is 81.4 Å². The number of aliphatic carboxylic acids is 1. The summed E-state index contributed by atoms with van der Waals surface area (Å²) in [5.74, 6) is -3.37. The minimum Gasteiger partial charge on any atom is -0.480 e. The van der Waals surface area contributed by atoms with Crippen LogP contribution in [0.2, 0.25) is 0 Å². The van der Waals surface area contributed by atoms with Gasteiger partial charge in [0, 0.05) is 25.4 Å². The third-order valence-corrected chi connectivity index (χ3v) is 9.38. The molecule has 0 saturated carbocycles. The highest BCUT2D eigenvalue weighted by Gasteiger charge is 2.40. The molecule has 4 amide bonds. The van der Waals surface area contributed by atoms with E-state index < -0.39 is 53.4 Å². The van der Waals surface area contributed by atoms with Gasteiger partial charge in [0.05, 0.1) is 6.04 Å². The molecule has 0 aromatic heterocycles. The first kappa shape index (κ1) is 40.1. The molecule has 0 bridgehead atoms. The van der Waals surface area contributed by atoms with Crippen molar-refractivity contribution < 1.29 is 29.1 Å². The molecule has 0 unspecified atom stereocenters. The van der Waals surface area contributed by atoms with Gasteiger partial charge in [-0.25, -0.2) is 0 Å². The fourth-order valence-electron chi connectivity index (χ4n) is 6.08. The summed E-state index contributed by atoms with van der Waals surface area (Å²) in [7, 11) is 0. The Bertz CT molecular complexity index is 1420. The van der Waals surface area contributed by atoms with E-state index in [2.05, 4.69) is 16.0 Å². The largest absolute Gasteiger partial charge is 0.480 e. The fourth-order valence-corrected chi connectivity index (χ4v) is 6.08. The summed E-state index contributed by atoms with van der Waals surface area (Å²) in [6.45, 7) is 6.38. The highest BCUT2D eigenvalue weighted by atomic mass is 16.4. The second-order valence-corrected chi connectivity index (χ2v) is 13.8. The zero-order valence-corrected chi connectivity index (χ0v) is 29.5. The molecule has 2 aromatic rings. The van der Waals surface area contributed by atoms with E-state index >= 15 is 0 Å². The van der Waals surface area contributed by atoms with Gasteiger partial charge in [0.1, 0.15) is 23.7 Å². The van der Waals surface area contributed by atoms with Gasteiger partial charge in [0.15, 0.2) is 0 Å². The van der Waals surface area contributed by atoms with Gasteiger partial charge in [-0.15, -0.1) is 0 Å². The Morgan fingerprint density at radius 3 is 1.90 bits per heavy atom. The third kappa shape index (κ3) is 11.6. The van der Waals surface area contributed by atoms with Crippen LogP contribution in [0.4, 0.5) is 0 Å². The van der Waals surface area contributed by atoms with E-state index in [9.17, 15) is 29.1 Å². The van der Waals surface area contributed by atoms with E-state index in [1.807, 2.05) is 81.4 Å². The van der Waals surface area contributed by atoms with Gasteiger partial charge >= 0.3 is 5.97 Å². The molecule has 0 radical (unpaired) electrons. The lowest BCUT2D eigenvalue weighted by atomic mass is 9.88. The first-order chi connectivity index (χ1) is 23.7. The number of carboxylic acids is 1. The summed E-state index contributed by atoms with van der Waals surface area (Å²) >= 11 is 0. The summed E-state index contributed by atoms with van der Waals surface area (Å²) in [6, 6.07) is 14.7. The smallest absolute Gasteiger partial charge is 0.323 e. The van der Waals surface area contributed by atoms with Crippen LogP contribution in [0.25, 0.3) is 0 Å². The molecule has 1 aliphatic rings. The Kier molecular flexibility index (Phi) is 15.4. The molecule has 13 heteroatoms. The van der Waals surface area contributed by atoms with Crippen LogP contribution >= 0.6 is 0 Å². The van der Waals surface area contributed by atoms with E-state index in [0.717, 1.165) is 11.1 Å². The van der Waals surface area contributed by atoms with Crippen LogP contribution in [0.3, 0.4) is 0 Å². The zero-order chi connectivity index (χ0) is 36.8. The maximum absolute atomic E-state index is 13.9. The van der Waals surface area contributed by atoms with Gasteiger partial charge in [0.2, 0.25) is 23.6 Å². The van der Waals surface area contributed by atoms with Crippen molar-refractivity contribution in [3.8, 4) is 0 Å². The lowest BCUT2D eigenvalue weighted by Gasteiger charge is -2.38. The summed E-state index contributed by atoms with van der Waals surface area (Å²) < 4.78 is 0. The predicted octanol–water partition coefficient (Wildman–Crippen LogP) is 1.39. The minimum absolute atomic E-state index is 0.00413. The second-order valence-electron chi connectivity index (χ2n) is 13.8. The number of carbonyl (C=O) groups excluding carboxylic acids is 4. The molecular formula is C37H55N7O6. The van der Waals surface area contributed by atoms with Crippen LogP contribution in [0, 0.1) is 5.92 Å². The Hall–Kier alpha value is -4.33. The number of nitrogens with two attached hydrogens (primary N) is 3. The number of piperidine rings is 1. The van der Waals surface area contributed by atoms with E-state index in [1.54, 1.807) is 0 Å². The van der Waals surface area contributed by atoms with Crippen molar-refractivity contribution in [1.29, 1.82) is 0 Å². The molecule has 1 heterocycles. The molecule has 1 saturated heterocycles. The van der Waals surface area contributed by atoms with Gasteiger partial charge in [-0.05, 0) is 62.1 Å². The molecule has 1 fully saturated rings. The number of nitrogens with zero attached hydrogens (tertiary/aromatic N) is 1. The van der Waals surface area contributed by atoms with Crippen LogP contribution in [0.1, 0.15) is 76.3 Å². The molecular weight excluding hydrogens is 638 g/mol. The predicted molar refractivity (Wildman–Crippen MR) is 191 cm³/mol. The fraction of sp³-hybridized carbons (Fsp3) is 0.541. The zero-order valence-electron chi connectivity index (χ0n) is 29.5. The van der Waals surface area contributed by atoms with Crippen molar-refractivity contribution in [1.82, 2.24) is 20.9 Å². The molecule has 50 heavy (non-hydrogen) atoms. The van der Waals surface area contributed by atoms with E-state index in [1.165, 1.54) is 4.90 Å². The number of benzene rings is 2. The molecule has 3 rings (SSSR count). The number of hydrogen-bond acceptors (Lipinski definition) is 8. The third-order valence-electron chi connectivity index (χ3n) is 9.38. The van der Waals surface area contributed by atoms with Crippen LogP contribution < -0.4 is 33.2 Å². The highest BCUT2D eigenvalue weighted by Crippen LogP contribution is 2.22. The van der Waals surface area contributed by atoms with Crippen LogP contribution in [0.15, 0.2) is 60.7 Å². The molecule has 0 spiro atoms. The van der Waals surface area contributed by atoms with Crippen molar-refractivity contribution in [2.45, 2.75) is 101 Å². The minimum atomic E-state index is -1.41. The first-order valence-electron chi connectivity index (χ1n) is 17.5. The monoisotopic (exact) mass is 693 g/mol. The molecule has 13 nitrogen and oxygen atoms in total. The van der Waals surface area contributed by atoms with Crippen molar-refractivity contribution in [3.63, 3.8) is 0 Å². The number of nitrogens with one attached hydrogen (secondary N) is 3. The number of carbonyl (C=O) groups is 5. The number of hydrogen-bond donors (Lipinski definition) is 7. The summed E-state index contributed by atoms with van der Waals surface area (Å²) in [6.07, 6.45) is 2.15. The lowest BCUT2D eigenvalue weighted by Crippen LogP contribution is -2.61. The maximum Gasteiger partial charge on any atom is 0.323 e. The Morgan fingerprint density at radius 2 is 1.34 bits per heavy atom. The van der Waals surface area contributed by atoms with Gasteiger partial charge in [0.25, 0.3) is 0 Å². The molecule has 1 aliphatic heterocycles. The number of amides is 4. The summed E-state index contributed by atoms with van der Waals surface area (Å²) in [5.41, 5.74) is 18.4. The average molecular weight is 694 g/mol. The summed E-state index contributed by atoms with van der Waals surface area (Å²) in [4.78, 5) is 68.1. The SMILES string of the molecule is CC(C)C[C@@H](NC(=O)[C@@H](Cc1ccccc1)NC(=O)[C@H](N)[C@H](C)c1ccccc1)C(=O)N[C@H](CCCCN)C(=O)N1CCC(N)(C(=O)O)CC1. The first-order valence-corrected chi connectivity index (χ1v) is 17.5. The molecule has 274 valence electrons. The second kappa shape index (κ2) is 19.2. The Balaban J connectivity index is 1.79. The summed E-state index contributed by atoms with van der Waals surface area (Å²) in [5, 5.41) is 18.1. The lowest BCUT2D eigenvalue weighted by molar-refractivity contribution is -0.148. The van der Waals surface area contributed by atoms with Gasteiger partial charge < -0.3 is 43.2 Å². The van der Waals surface area contributed by atoms with Gasteiger partial charge in [-0.3, -0.25) is 24.0 Å². The van der Waals surface area contributed by atoms with Crippen LogP contribution in [0.5, 0.6) is 0 Å². The van der Waals surface area contributed by atoms with E-state index in [0.29, 0.717) is 25.8 Å². The number of carboxylic acid groups (broad SMARTS) is 1. The van der Waals surface area contributed by atoms with E-state index in [4.69, 9.17) is 17.2 Å². The topological polar surface area (TPSA) is 223 Å². The highest BCUT2D eigenvalue weighted by molar-refractivity contribution is 5.95. The van der Waals surface area contributed by atoms with Gasteiger partial charge in [-0.2, -0.15) is 0 Å².